The number of benzene rings is 2. The quantitative estimate of drug-likeness (QED) is 0.444. The van der Waals surface area contributed by atoms with Crippen molar-refractivity contribution >= 4 is 33.3 Å². The van der Waals surface area contributed by atoms with Crippen LogP contribution in [0.1, 0.15) is 23.2 Å². The van der Waals surface area contributed by atoms with Crippen molar-refractivity contribution in [3.05, 3.63) is 59.1 Å². The number of rotatable bonds is 8. The SMILES string of the molecule is COc1ccccc1-c1cc(NC(=O)c2ccc(Cl)c(S(=O)(=O)NCC3CCCO3)c2)n[nH]1. The molecule has 0 saturated carbocycles. The highest BCUT2D eigenvalue weighted by molar-refractivity contribution is 7.89. The third-order valence-electron chi connectivity index (χ3n) is 5.22. The van der Waals surface area contributed by atoms with Gasteiger partial charge in [-0.05, 0) is 43.2 Å². The summed E-state index contributed by atoms with van der Waals surface area (Å²) in [5, 5.41) is 9.65. The smallest absolute Gasteiger partial charge is 0.256 e. The summed E-state index contributed by atoms with van der Waals surface area (Å²) in [5.74, 6) is 0.402. The summed E-state index contributed by atoms with van der Waals surface area (Å²) in [6, 6.07) is 13.1. The fourth-order valence-electron chi connectivity index (χ4n) is 3.52. The molecule has 1 aliphatic rings. The molecule has 1 fully saturated rings. The summed E-state index contributed by atoms with van der Waals surface area (Å²) in [6.07, 6.45) is 1.52. The molecule has 4 rings (SSSR count). The number of nitrogens with one attached hydrogen (secondary N) is 3. The molecule has 1 unspecified atom stereocenters. The molecule has 1 atom stereocenters. The predicted molar refractivity (Wildman–Crippen MR) is 124 cm³/mol. The summed E-state index contributed by atoms with van der Waals surface area (Å²) >= 11 is 6.13. The number of carbonyl (C=O) groups is 1. The highest BCUT2D eigenvalue weighted by Gasteiger charge is 2.23. The van der Waals surface area contributed by atoms with E-state index < -0.39 is 15.9 Å². The van der Waals surface area contributed by atoms with E-state index in [4.69, 9.17) is 21.1 Å². The Morgan fingerprint density at radius 3 is 2.85 bits per heavy atom. The number of para-hydroxylation sites is 1. The Labute approximate surface area is 196 Å². The average molecular weight is 491 g/mol. The third kappa shape index (κ3) is 5.36. The Balaban J connectivity index is 1.49. The van der Waals surface area contributed by atoms with E-state index in [1.807, 2.05) is 24.3 Å². The number of amides is 1. The summed E-state index contributed by atoms with van der Waals surface area (Å²) in [6.45, 7) is 0.767. The second-order valence-electron chi connectivity index (χ2n) is 7.45. The van der Waals surface area contributed by atoms with E-state index in [1.54, 1.807) is 13.2 Å². The van der Waals surface area contributed by atoms with E-state index in [9.17, 15) is 13.2 Å². The molecule has 33 heavy (non-hydrogen) atoms. The van der Waals surface area contributed by atoms with E-state index in [2.05, 4.69) is 20.2 Å². The average Bonchev–Trinajstić information content (AvgIpc) is 3.50. The number of aromatic nitrogens is 2. The normalized spacial score (nSPS) is 16.0. The number of anilines is 1. The van der Waals surface area contributed by atoms with Crippen molar-refractivity contribution in [3.63, 3.8) is 0 Å². The van der Waals surface area contributed by atoms with Crippen LogP contribution in [0.2, 0.25) is 5.02 Å². The zero-order valence-electron chi connectivity index (χ0n) is 17.8. The molecule has 0 spiro atoms. The van der Waals surface area contributed by atoms with Gasteiger partial charge in [-0.25, -0.2) is 13.1 Å². The van der Waals surface area contributed by atoms with Crippen LogP contribution in [0.3, 0.4) is 0 Å². The number of methoxy groups -OCH3 is 1. The van der Waals surface area contributed by atoms with Crippen molar-refractivity contribution in [3.8, 4) is 17.0 Å². The van der Waals surface area contributed by atoms with Gasteiger partial charge in [-0.1, -0.05) is 23.7 Å². The van der Waals surface area contributed by atoms with Crippen LogP contribution in [0.5, 0.6) is 5.75 Å². The van der Waals surface area contributed by atoms with Crippen LogP contribution in [0.25, 0.3) is 11.3 Å². The minimum Gasteiger partial charge on any atom is -0.496 e. The fourth-order valence-corrected chi connectivity index (χ4v) is 5.11. The first-order valence-corrected chi connectivity index (χ1v) is 12.1. The van der Waals surface area contributed by atoms with Crippen molar-refractivity contribution in [1.82, 2.24) is 14.9 Å². The third-order valence-corrected chi connectivity index (χ3v) is 7.13. The molecule has 0 radical (unpaired) electrons. The minimum atomic E-state index is -3.92. The maximum Gasteiger partial charge on any atom is 0.256 e. The van der Waals surface area contributed by atoms with Gasteiger partial charge in [-0.15, -0.1) is 0 Å². The molecule has 0 aliphatic carbocycles. The van der Waals surface area contributed by atoms with Gasteiger partial charge in [-0.2, -0.15) is 5.10 Å². The zero-order valence-corrected chi connectivity index (χ0v) is 19.4. The number of nitrogens with zero attached hydrogens (tertiary/aromatic N) is 1. The largest absolute Gasteiger partial charge is 0.496 e. The lowest BCUT2D eigenvalue weighted by Gasteiger charge is -2.13. The molecular weight excluding hydrogens is 468 g/mol. The fraction of sp³-hybridized carbons (Fsp3) is 0.273. The van der Waals surface area contributed by atoms with Crippen molar-refractivity contribution < 1.29 is 22.7 Å². The standard InChI is InChI=1S/C22H23ClN4O5S/c1-31-19-7-3-2-6-16(19)18-12-21(27-26-18)25-22(28)14-8-9-17(23)20(11-14)33(29,30)24-13-15-5-4-10-32-15/h2-3,6-9,11-12,15,24H,4-5,10,13H2,1H3,(H2,25,26,27,28). The maximum atomic E-state index is 12.8. The van der Waals surface area contributed by atoms with Crippen LogP contribution >= 0.6 is 11.6 Å². The predicted octanol–water partition coefficient (Wildman–Crippen LogP) is 3.45. The van der Waals surface area contributed by atoms with Gasteiger partial charge in [0.2, 0.25) is 10.0 Å². The van der Waals surface area contributed by atoms with Crippen LogP contribution < -0.4 is 14.8 Å². The molecule has 9 nitrogen and oxygen atoms in total. The van der Waals surface area contributed by atoms with Crippen LogP contribution in [0.15, 0.2) is 53.4 Å². The summed E-state index contributed by atoms with van der Waals surface area (Å²) in [5.41, 5.74) is 1.56. The lowest BCUT2D eigenvalue weighted by atomic mass is 10.1. The number of hydrogen-bond acceptors (Lipinski definition) is 6. The highest BCUT2D eigenvalue weighted by atomic mass is 35.5. The molecule has 1 saturated heterocycles. The summed E-state index contributed by atoms with van der Waals surface area (Å²) < 4.78 is 38.8. The summed E-state index contributed by atoms with van der Waals surface area (Å²) in [7, 11) is -2.36. The monoisotopic (exact) mass is 490 g/mol. The molecular formula is C22H23ClN4O5S. The zero-order chi connectivity index (χ0) is 23.4. The Morgan fingerprint density at radius 1 is 1.27 bits per heavy atom. The Bertz CT molecular complexity index is 1260. The van der Waals surface area contributed by atoms with E-state index in [-0.39, 0.29) is 33.9 Å². The number of halogens is 1. The van der Waals surface area contributed by atoms with Crippen LogP contribution in [0.4, 0.5) is 5.82 Å². The van der Waals surface area contributed by atoms with Gasteiger partial charge in [0.1, 0.15) is 10.6 Å². The molecule has 0 bridgehead atoms. The number of H-pyrrole nitrogens is 1. The molecule has 11 heteroatoms. The number of hydrogen-bond donors (Lipinski definition) is 3. The number of carbonyl (C=O) groups excluding carboxylic acids is 1. The van der Waals surface area contributed by atoms with Gasteiger partial charge in [0, 0.05) is 30.3 Å². The Kier molecular flexibility index (Phi) is 6.99. The Hall–Kier alpha value is -2.92. The first kappa shape index (κ1) is 23.2. The van der Waals surface area contributed by atoms with Crippen molar-refractivity contribution in [1.29, 1.82) is 0 Å². The Morgan fingerprint density at radius 2 is 2.09 bits per heavy atom. The molecule has 2 heterocycles. The first-order chi connectivity index (χ1) is 15.9. The highest BCUT2D eigenvalue weighted by Crippen LogP contribution is 2.29. The molecule has 2 aromatic carbocycles. The van der Waals surface area contributed by atoms with Crippen LogP contribution in [0, 0.1) is 0 Å². The number of sulfonamides is 1. The lowest BCUT2D eigenvalue weighted by Crippen LogP contribution is -2.32. The molecule has 1 amide bonds. The first-order valence-electron chi connectivity index (χ1n) is 10.3. The molecule has 1 aromatic heterocycles. The van der Waals surface area contributed by atoms with Gasteiger partial charge in [-0.3, -0.25) is 9.89 Å². The molecule has 1 aliphatic heterocycles. The van der Waals surface area contributed by atoms with Crippen LogP contribution in [-0.4, -0.2) is 50.9 Å². The van der Waals surface area contributed by atoms with Crippen molar-refractivity contribution in [2.75, 3.05) is 25.6 Å². The maximum absolute atomic E-state index is 12.8. The molecule has 3 N–H and O–H groups in total. The van der Waals surface area contributed by atoms with E-state index in [0.717, 1.165) is 18.4 Å². The lowest BCUT2D eigenvalue weighted by molar-refractivity contribution is 0.102. The van der Waals surface area contributed by atoms with Gasteiger partial charge in [0.05, 0.1) is 23.9 Å². The number of aromatic amines is 1. The summed E-state index contributed by atoms with van der Waals surface area (Å²) in [4.78, 5) is 12.6. The van der Waals surface area contributed by atoms with Gasteiger partial charge < -0.3 is 14.8 Å². The topological polar surface area (TPSA) is 122 Å². The van der Waals surface area contributed by atoms with Crippen LogP contribution in [-0.2, 0) is 14.8 Å². The molecule has 174 valence electrons. The van der Waals surface area contributed by atoms with Gasteiger partial charge in [0.25, 0.3) is 5.91 Å². The van der Waals surface area contributed by atoms with Gasteiger partial charge in [0.15, 0.2) is 5.82 Å². The van der Waals surface area contributed by atoms with Gasteiger partial charge >= 0.3 is 0 Å². The minimum absolute atomic E-state index is 0.0182. The van der Waals surface area contributed by atoms with E-state index in [1.165, 1.54) is 18.2 Å². The second kappa shape index (κ2) is 9.92. The van der Waals surface area contributed by atoms with E-state index >= 15 is 0 Å². The van der Waals surface area contributed by atoms with E-state index in [0.29, 0.717) is 18.1 Å². The molecule has 3 aromatic rings. The number of ether oxygens (including phenoxy) is 2. The van der Waals surface area contributed by atoms with Crippen molar-refractivity contribution in [2.24, 2.45) is 0 Å². The van der Waals surface area contributed by atoms with Crippen molar-refractivity contribution in [2.45, 2.75) is 23.8 Å². The second-order valence-corrected chi connectivity index (χ2v) is 9.60.